The molecule has 0 bridgehead atoms. The van der Waals surface area contributed by atoms with Crippen molar-refractivity contribution < 1.29 is 28.0 Å². The van der Waals surface area contributed by atoms with Crippen LogP contribution in [0.15, 0.2) is 12.1 Å². The number of non-ortho nitro benzene ring substituents is 1. The molecule has 19 heavy (non-hydrogen) atoms. The molecule has 0 amide bonds. The molecule has 0 aliphatic heterocycles. The molecule has 7 nitrogen and oxygen atoms in total. The van der Waals surface area contributed by atoms with Crippen molar-refractivity contribution >= 4 is 22.7 Å². The number of alkyl halides is 3. The largest absolute Gasteiger partial charge is 0.478 e. The lowest BCUT2D eigenvalue weighted by atomic mass is 10.1. The lowest BCUT2D eigenvalue weighted by Gasteiger charge is -1.99. The van der Waals surface area contributed by atoms with Gasteiger partial charge in [-0.2, -0.15) is 13.2 Å². The number of benzene rings is 1. The van der Waals surface area contributed by atoms with Crippen LogP contribution in [-0.4, -0.2) is 26.0 Å². The van der Waals surface area contributed by atoms with Crippen molar-refractivity contribution in [1.29, 1.82) is 0 Å². The van der Waals surface area contributed by atoms with Gasteiger partial charge in [0.15, 0.2) is 0 Å². The monoisotopic (exact) mass is 275 g/mol. The minimum Gasteiger partial charge on any atom is -0.478 e. The fourth-order valence-electron chi connectivity index (χ4n) is 1.51. The Balaban J connectivity index is 2.79. The molecule has 2 aromatic rings. The van der Waals surface area contributed by atoms with Crippen LogP contribution in [-0.2, 0) is 6.18 Å². The Labute approximate surface area is 101 Å². The van der Waals surface area contributed by atoms with Crippen LogP contribution in [0.4, 0.5) is 18.9 Å². The summed E-state index contributed by atoms with van der Waals surface area (Å²) in [6.07, 6.45) is -4.80. The average molecular weight is 275 g/mol. The highest BCUT2D eigenvalue weighted by Crippen LogP contribution is 2.31. The third-order valence-corrected chi connectivity index (χ3v) is 2.29. The molecule has 1 heterocycles. The second kappa shape index (κ2) is 3.93. The maximum Gasteiger partial charge on any atom is 0.449 e. The zero-order chi connectivity index (χ0) is 14.4. The predicted molar refractivity (Wildman–Crippen MR) is 54.7 cm³/mol. The van der Waals surface area contributed by atoms with E-state index < -0.39 is 45.2 Å². The average Bonchev–Trinajstić information content (AvgIpc) is 2.70. The number of carbonyl (C=O) groups is 1. The van der Waals surface area contributed by atoms with Gasteiger partial charge in [-0.15, -0.1) is 0 Å². The van der Waals surface area contributed by atoms with Crippen LogP contribution in [0.5, 0.6) is 0 Å². The number of hydrogen-bond donors (Lipinski definition) is 2. The predicted octanol–water partition coefficient (Wildman–Crippen LogP) is 2.19. The van der Waals surface area contributed by atoms with Crippen molar-refractivity contribution in [3.63, 3.8) is 0 Å². The molecule has 2 N–H and O–H groups in total. The smallest absolute Gasteiger partial charge is 0.449 e. The van der Waals surface area contributed by atoms with Gasteiger partial charge in [-0.1, -0.05) is 0 Å². The molecule has 0 fully saturated rings. The summed E-state index contributed by atoms with van der Waals surface area (Å²) in [4.78, 5) is 25.5. The number of carboxylic acid groups (broad SMARTS) is 1. The maximum atomic E-state index is 12.4. The number of nitrogens with zero attached hydrogens (tertiary/aromatic N) is 2. The zero-order valence-electron chi connectivity index (χ0n) is 8.85. The van der Waals surface area contributed by atoms with Crippen LogP contribution in [0.25, 0.3) is 11.0 Å². The molecule has 0 saturated heterocycles. The number of imidazole rings is 1. The van der Waals surface area contributed by atoms with Gasteiger partial charge in [0.25, 0.3) is 5.69 Å². The molecule has 0 atom stereocenters. The summed E-state index contributed by atoms with van der Waals surface area (Å²) in [7, 11) is 0. The van der Waals surface area contributed by atoms with Gasteiger partial charge in [-0.25, -0.2) is 9.78 Å². The highest BCUT2D eigenvalue weighted by atomic mass is 19.4. The van der Waals surface area contributed by atoms with Crippen molar-refractivity contribution in [3.05, 3.63) is 33.6 Å². The summed E-state index contributed by atoms with van der Waals surface area (Å²) in [5.74, 6) is -3.00. The Morgan fingerprint density at radius 2 is 2.05 bits per heavy atom. The Bertz CT molecular complexity index is 692. The molecule has 0 saturated carbocycles. The van der Waals surface area contributed by atoms with Crippen molar-refractivity contribution in [2.45, 2.75) is 6.18 Å². The molecule has 0 aliphatic rings. The first-order chi connectivity index (χ1) is 8.70. The Kier molecular flexibility index (Phi) is 2.65. The van der Waals surface area contributed by atoms with Gasteiger partial charge < -0.3 is 10.1 Å². The minimum atomic E-state index is -4.80. The molecule has 2 rings (SSSR count). The highest BCUT2D eigenvalue weighted by Gasteiger charge is 2.35. The number of carboxylic acids is 1. The number of nitrogens with one attached hydrogen (secondary N) is 1. The number of nitro benzene ring substituents is 1. The second-order valence-corrected chi connectivity index (χ2v) is 3.53. The van der Waals surface area contributed by atoms with E-state index in [1.54, 1.807) is 0 Å². The standard InChI is InChI=1S/C9H4F3N3O4/c10-9(11,12)8-13-5-2-3(15(18)19)1-4(7(16)17)6(5)14-8/h1-2H,(H,13,14)(H,16,17). The van der Waals surface area contributed by atoms with Crippen molar-refractivity contribution in [2.24, 2.45) is 0 Å². The first-order valence-electron chi connectivity index (χ1n) is 4.69. The van der Waals surface area contributed by atoms with Gasteiger partial charge in [0.1, 0.15) is 0 Å². The van der Waals surface area contributed by atoms with E-state index in [-0.39, 0.29) is 0 Å². The van der Waals surface area contributed by atoms with Gasteiger partial charge >= 0.3 is 12.1 Å². The third kappa shape index (κ3) is 2.19. The van der Waals surface area contributed by atoms with E-state index in [0.29, 0.717) is 6.07 Å². The number of H-pyrrole nitrogens is 1. The quantitative estimate of drug-likeness (QED) is 0.644. The van der Waals surface area contributed by atoms with Gasteiger partial charge in [-0.3, -0.25) is 10.1 Å². The SMILES string of the molecule is O=C(O)c1cc([N+](=O)[O-])cc2nc(C(F)(F)F)[nH]c12. The summed E-state index contributed by atoms with van der Waals surface area (Å²) in [5.41, 5.74) is -2.14. The van der Waals surface area contributed by atoms with Gasteiger partial charge in [-0.05, 0) is 0 Å². The first-order valence-corrected chi connectivity index (χ1v) is 4.69. The molecule has 1 aromatic heterocycles. The molecule has 0 unspecified atom stereocenters. The van der Waals surface area contributed by atoms with Gasteiger partial charge in [0.2, 0.25) is 5.82 Å². The second-order valence-electron chi connectivity index (χ2n) is 3.53. The van der Waals surface area contributed by atoms with E-state index in [0.717, 1.165) is 6.07 Å². The lowest BCUT2D eigenvalue weighted by molar-refractivity contribution is -0.384. The number of aromatic nitrogens is 2. The Morgan fingerprint density at radius 3 is 2.53 bits per heavy atom. The van der Waals surface area contributed by atoms with E-state index >= 15 is 0 Å². The highest BCUT2D eigenvalue weighted by molar-refractivity contribution is 6.02. The summed E-state index contributed by atoms with van der Waals surface area (Å²) >= 11 is 0. The zero-order valence-corrected chi connectivity index (χ0v) is 8.85. The normalized spacial score (nSPS) is 11.7. The number of nitro groups is 1. The minimum absolute atomic E-state index is 0.412. The summed E-state index contributed by atoms with van der Waals surface area (Å²) in [5, 5.41) is 19.4. The van der Waals surface area contributed by atoms with Crippen LogP contribution in [0, 0.1) is 10.1 Å². The van der Waals surface area contributed by atoms with E-state index in [1.807, 2.05) is 4.98 Å². The molecule has 0 spiro atoms. The fourth-order valence-corrected chi connectivity index (χ4v) is 1.51. The van der Waals surface area contributed by atoms with Crippen molar-refractivity contribution in [1.82, 2.24) is 9.97 Å². The Morgan fingerprint density at radius 1 is 1.42 bits per heavy atom. The van der Waals surface area contributed by atoms with E-state index in [1.165, 1.54) is 0 Å². The lowest BCUT2D eigenvalue weighted by Crippen LogP contribution is -2.07. The molecule has 10 heteroatoms. The van der Waals surface area contributed by atoms with Crippen molar-refractivity contribution in [3.8, 4) is 0 Å². The van der Waals surface area contributed by atoms with Crippen molar-refractivity contribution in [2.75, 3.05) is 0 Å². The summed E-state index contributed by atoms with van der Waals surface area (Å²) < 4.78 is 37.3. The Hall–Kier alpha value is -2.65. The molecular formula is C9H4F3N3O4. The molecule has 0 radical (unpaired) electrons. The topological polar surface area (TPSA) is 109 Å². The van der Waals surface area contributed by atoms with Crippen LogP contribution < -0.4 is 0 Å². The maximum absolute atomic E-state index is 12.4. The third-order valence-electron chi connectivity index (χ3n) is 2.29. The van der Waals surface area contributed by atoms with E-state index in [9.17, 15) is 28.1 Å². The number of rotatable bonds is 2. The number of hydrogen-bond acceptors (Lipinski definition) is 4. The number of aromatic carboxylic acids is 1. The molecular weight excluding hydrogens is 271 g/mol. The van der Waals surface area contributed by atoms with E-state index in [2.05, 4.69) is 4.98 Å². The summed E-state index contributed by atoms with van der Waals surface area (Å²) in [6, 6.07) is 1.44. The van der Waals surface area contributed by atoms with E-state index in [4.69, 9.17) is 5.11 Å². The number of fused-ring (bicyclic) bond motifs is 1. The van der Waals surface area contributed by atoms with Crippen LogP contribution in [0.3, 0.4) is 0 Å². The van der Waals surface area contributed by atoms with Gasteiger partial charge in [0.05, 0.1) is 21.5 Å². The molecule has 100 valence electrons. The van der Waals surface area contributed by atoms with Gasteiger partial charge in [0, 0.05) is 12.1 Å². The van der Waals surface area contributed by atoms with Crippen LogP contribution in [0.2, 0.25) is 0 Å². The number of aromatic amines is 1. The van der Waals surface area contributed by atoms with Crippen LogP contribution >= 0.6 is 0 Å². The summed E-state index contributed by atoms with van der Waals surface area (Å²) in [6.45, 7) is 0. The first kappa shape index (κ1) is 12.8. The fraction of sp³-hybridized carbons (Fsp3) is 0.111. The number of halogens is 3. The molecule has 0 aliphatic carbocycles. The molecule has 1 aromatic carbocycles. The van der Waals surface area contributed by atoms with Crippen LogP contribution in [0.1, 0.15) is 16.2 Å².